The summed E-state index contributed by atoms with van der Waals surface area (Å²) in [4.78, 5) is 20.3. The van der Waals surface area contributed by atoms with Crippen LogP contribution in [0.25, 0.3) is 0 Å². The van der Waals surface area contributed by atoms with Gasteiger partial charge in [0.1, 0.15) is 5.82 Å². The Hall–Kier alpha value is -2.32. The molecule has 0 N–H and O–H groups in total. The first-order chi connectivity index (χ1) is 10.2. The van der Waals surface area contributed by atoms with Crippen molar-refractivity contribution in [1.29, 1.82) is 0 Å². The Morgan fingerprint density at radius 2 is 2.19 bits per heavy atom. The molecular weight excluding hydrogens is 330 g/mol. The van der Waals surface area contributed by atoms with Crippen molar-refractivity contribution < 1.29 is 4.79 Å². The van der Waals surface area contributed by atoms with Crippen LogP contribution >= 0.6 is 15.9 Å². The number of hydrogen-bond acceptors (Lipinski definition) is 2. The molecule has 2 aromatic rings. The van der Waals surface area contributed by atoms with E-state index in [0.717, 1.165) is 15.7 Å². The second-order valence-corrected chi connectivity index (χ2v) is 5.56. The smallest absolute Gasteiger partial charge is 0.308 e. The Morgan fingerprint density at radius 3 is 2.95 bits per heavy atom. The van der Waals surface area contributed by atoms with Crippen LogP contribution in [-0.2, 0) is 6.54 Å². The fourth-order valence-electron chi connectivity index (χ4n) is 2.34. The zero-order valence-corrected chi connectivity index (χ0v) is 12.7. The van der Waals surface area contributed by atoms with E-state index in [4.69, 9.17) is 6.42 Å². The van der Waals surface area contributed by atoms with Gasteiger partial charge in [0.05, 0.1) is 18.8 Å². The highest BCUT2D eigenvalue weighted by Gasteiger charge is 2.31. The molecule has 3 rings (SSSR count). The maximum Gasteiger partial charge on any atom is 0.331 e. The van der Waals surface area contributed by atoms with E-state index in [1.165, 1.54) is 0 Å². The first-order valence-corrected chi connectivity index (χ1v) is 7.22. The first-order valence-electron chi connectivity index (χ1n) is 6.42. The molecule has 0 spiro atoms. The average Bonchev–Trinajstić information content (AvgIpc) is 2.48. The van der Waals surface area contributed by atoms with Gasteiger partial charge in [-0.05, 0) is 24.3 Å². The van der Waals surface area contributed by atoms with Crippen LogP contribution in [0.1, 0.15) is 5.56 Å². The minimum atomic E-state index is -0.155. The van der Waals surface area contributed by atoms with E-state index in [0.29, 0.717) is 12.4 Å². The van der Waals surface area contributed by atoms with Crippen molar-refractivity contribution in [3.8, 4) is 12.3 Å². The van der Waals surface area contributed by atoms with Crippen molar-refractivity contribution in [2.75, 3.05) is 11.4 Å². The van der Waals surface area contributed by atoms with Crippen LogP contribution in [0.3, 0.4) is 0 Å². The first kappa shape index (κ1) is 13.7. The summed E-state index contributed by atoms with van der Waals surface area (Å²) >= 11 is 3.43. The van der Waals surface area contributed by atoms with Crippen molar-refractivity contribution >= 4 is 33.5 Å². The Morgan fingerprint density at radius 1 is 1.33 bits per heavy atom. The highest BCUT2D eigenvalue weighted by Crippen LogP contribution is 2.33. The van der Waals surface area contributed by atoms with E-state index >= 15 is 0 Å². The van der Waals surface area contributed by atoms with E-state index in [1.807, 2.05) is 36.4 Å². The molecule has 0 radical (unpaired) electrons. The van der Waals surface area contributed by atoms with E-state index in [-0.39, 0.29) is 12.6 Å². The summed E-state index contributed by atoms with van der Waals surface area (Å²) in [5.74, 6) is 3.19. The maximum atomic E-state index is 12.7. The van der Waals surface area contributed by atoms with Crippen LogP contribution in [0.4, 0.5) is 16.3 Å². The fourth-order valence-corrected chi connectivity index (χ4v) is 2.73. The zero-order chi connectivity index (χ0) is 14.8. The van der Waals surface area contributed by atoms with Crippen molar-refractivity contribution in [2.45, 2.75) is 6.54 Å². The predicted molar refractivity (Wildman–Crippen MR) is 85.2 cm³/mol. The summed E-state index contributed by atoms with van der Waals surface area (Å²) in [7, 11) is 0. The number of urea groups is 1. The highest BCUT2D eigenvalue weighted by molar-refractivity contribution is 9.10. The van der Waals surface area contributed by atoms with Crippen LogP contribution in [0, 0.1) is 12.3 Å². The van der Waals surface area contributed by atoms with E-state index < -0.39 is 0 Å². The molecule has 1 aromatic carbocycles. The number of nitrogens with zero attached hydrogens (tertiary/aromatic N) is 3. The number of rotatable bonds is 2. The van der Waals surface area contributed by atoms with Gasteiger partial charge in [0, 0.05) is 16.2 Å². The number of amides is 2. The number of carbonyl (C=O) groups is 1. The van der Waals surface area contributed by atoms with Gasteiger partial charge in [-0.2, -0.15) is 0 Å². The van der Waals surface area contributed by atoms with Crippen molar-refractivity contribution in [2.24, 2.45) is 0 Å². The van der Waals surface area contributed by atoms with Gasteiger partial charge in [0.15, 0.2) is 0 Å². The van der Waals surface area contributed by atoms with Gasteiger partial charge in [-0.15, -0.1) is 6.42 Å². The number of anilines is 2. The zero-order valence-electron chi connectivity index (χ0n) is 11.2. The van der Waals surface area contributed by atoms with Gasteiger partial charge in [0.2, 0.25) is 0 Å². The van der Waals surface area contributed by atoms with E-state index in [2.05, 4.69) is 26.8 Å². The molecule has 0 saturated carbocycles. The fraction of sp³-hybridized carbons (Fsp3) is 0.125. The summed E-state index contributed by atoms with van der Waals surface area (Å²) in [5, 5.41) is 0. The molecule has 0 bridgehead atoms. The van der Waals surface area contributed by atoms with Crippen LogP contribution in [0.5, 0.6) is 0 Å². The third-order valence-electron chi connectivity index (χ3n) is 3.25. The number of fused-ring (bicyclic) bond motifs is 1. The van der Waals surface area contributed by atoms with Gasteiger partial charge >= 0.3 is 6.03 Å². The second kappa shape index (κ2) is 5.58. The molecule has 0 fully saturated rings. The highest BCUT2D eigenvalue weighted by atomic mass is 79.9. The number of terminal acetylenes is 1. The maximum absolute atomic E-state index is 12.7. The molecule has 5 heteroatoms. The Kier molecular flexibility index (Phi) is 3.63. The standard InChI is InChI=1S/C16H12BrN3O/c1-2-9-19-11-12-5-4-8-18-15(12)20(16(19)21)14-7-3-6-13(17)10-14/h1,3-8,10H,9,11H2. The molecule has 2 heterocycles. The summed E-state index contributed by atoms with van der Waals surface area (Å²) in [6, 6.07) is 11.2. The van der Waals surface area contributed by atoms with Crippen molar-refractivity contribution in [3.63, 3.8) is 0 Å². The minimum absolute atomic E-state index is 0.155. The normalized spacial score (nSPS) is 13.8. The van der Waals surface area contributed by atoms with Gasteiger partial charge < -0.3 is 4.90 Å². The van der Waals surface area contributed by atoms with E-state index in [1.54, 1.807) is 16.0 Å². The Labute approximate surface area is 131 Å². The van der Waals surface area contributed by atoms with Gasteiger partial charge in [0.25, 0.3) is 0 Å². The lowest BCUT2D eigenvalue weighted by atomic mass is 10.1. The number of halogens is 1. The third-order valence-corrected chi connectivity index (χ3v) is 3.74. The molecule has 0 saturated heterocycles. The van der Waals surface area contributed by atoms with Gasteiger partial charge in [-0.3, -0.25) is 0 Å². The topological polar surface area (TPSA) is 36.4 Å². The van der Waals surface area contributed by atoms with Crippen LogP contribution in [0.15, 0.2) is 47.1 Å². The minimum Gasteiger partial charge on any atom is -0.308 e. The molecule has 1 aliphatic heterocycles. The number of benzene rings is 1. The summed E-state index contributed by atoms with van der Waals surface area (Å²) in [6.45, 7) is 0.758. The van der Waals surface area contributed by atoms with Gasteiger partial charge in [-0.1, -0.05) is 34.0 Å². The molecule has 0 aliphatic carbocycles. The third kappa shape index (κ3) is 2.50. The summed E-state index contributed by atoms with van der Waals surface area (Å²) in [5.41, 5.74) is 1.74. The van der Waals surface area contributed by atoms with Gasteiger partial charge in [-0.25, -0.2) is 14.7 Å². The number of aromatic nitrogens is 1. The molecule has 104 valence electrons. The van der Waals surface area contributed by atoms with Crippen molar-refractivity contribution in [3.05, 3.63) is 52.6 Å². The van der Waals surface area contributed by atoms with Crippen LogP contribution in [0.2, 0.25) is 0 Å². The Bertz CT molecular complexity index is 738. The molecule has 21 heavy (non-hydrogen) atoms. The quantitative estimate of drug-likeness (QED) is 0.783. The summed E-state index contributed by atoms with van der Waals surface area (Å²) < 4.78 is 0.902. The lowest BCUT2D eigenvalue weighted by molar-refractivity contribution is 0.208. The molecule has 2 amide bonds. The monoisotopic (exact) mass is 341 g/mol. The molecular formula is C16H12BrN3O. The molecule has 0 unspecified atom stereocenters. The SMILES string of the molecule is C#CCN1Cc2cccnc2N(c2cccc(Br)c2)C1=O. The number of pyridine rings is 1. The number of carbonyl (C=O) groups excluding carboxylic acids is 1. The predicted octanol–water partition coefficient (Wildman–Crippen LogP) is 3.55. The van der Waals surface area contributed by atoms with E-state index in [9.17, 15) is 4.79 Å². The second-order valence-electron chi connectivity index (χ2n) is 4.64. The largest absolute Gasteiger partial charge is 0.331 e. The average molecular weight is 342 g/mol. The molecule has 4 nitrogen and oxygen atoms in total. The van der Waals surface area contributed by atoms with Crippen LogP contribution < -0.4 is 4.90 Å². The number of hydrogen-bond donors (Lipinski definition) is 0. The molecule has 1 aromatic heterocycles. The van der Waals surface area contributed by atoms with Crippen molar-refractivity contribution in [1.82, 2.24) is 9.88 Å². The Balaban J connectivity index is 2.12. The van der Waals surface area contributed by atoms with Crippen LogP contribution in [-0.4, -0.2) is 22.5 Å². The summed E-state index contributed by atoms with van der Waals surface area (Å²) in [6.07, 6.45) is 7.05. The molecule has 1 aliphatic rings. The lowest BCUT2D eigenvalue weighted by Gasteiger charge is -2.35. The molecule has 0 atom stereocenters. The lowest BCUT2D eigenvalue weighted by Crippen LogP contribution is -2.45.